The van der Waals surface area contributed by atoms with Crippen molar-refractivity contribution in [1.82, 2.24) is 4.98 Å². The third-order valence-electron chi connectivity index (χ3n) is 5.88. The lowest BCUT2D eigenvalue weighted by atomic mass is 10.0. The Morgan fingerprint density at radius 2 is 1.73 bits per heavy atom. The molecule has 2 heterocycles. The van der Waals surface area contributed by atoms with Gasteiger partial charge in [-0.25, -0.2) is 4.98 Å². The van der Waals surface area contributed by atoms with Crippen molar-refractivity contribution in [2.45, 2.75) is 33.1 Å². The molecule has 0 saturated carbocycles. The van der Waals surface area contributed by atoms with E-state index in [1.165, 1.54) is 22.5 Å². The van der Waals surface area contributed by atoms with Crippen LogP contribution in [0.2, 0.25) is 0 Å². The Kier molecular flexibility index (Phi) is 4.88. The number of benzene rings is 3. The highest BCUT2D eigenvalue weighted by Gasteiger charge is 2.27. The molecule has 3 aromatic carbocycles. The average molecular weight is 395 g/mol. The summed E-state index contributed by atoms with van der Waals surface area (Å²) in [5.74, 6) is 1.63. The van der Waals surface area contributed by atoms with E-state index in [0.29, 0.717) is 0 Å². The van der Waals surface area contributed by atoms with E-state index in [9.17, 15) is 0 Å². The maximum Gasteiger partial charge on any atom is 0.153 e. The summed E-state index contributed by atoms with van der Waals surface area (Å²) in [6.07, 6.45) is 3.25. The van der Waals surface area contributed by atoms with Crippen LogP contribution in [0.15, 0.2) is 72.8 Å². The third kappa shape index (κ3) is 3.21. The molecule has 1 aliphatic rings. The highest BCUT2D eigenvalue weighted by molar-refractivity contribution is 6.00. The zero-order valence-electron chi connectivity index (χ0n) is 17.6. The van der Waals surface area contributed by atoms with Crippen LogP contribution in [0.25, 0.3) is 10.9 Å². The van der Waals surface area contributed by atoms with Crippen molar-refractivity contribution >= 4 is 22.3 Å². The van der Waals surface area contributed by atoms with Crippen molar-refractivity contribution in [2.24, 2.45) is 0 Å². The third-order valence-corrected chi connectivity index (χ3v) is 5.88. The van der Waals surface area contributed by atoms with Crippen molar-refractivity contribution in [3.05, 3.63) is 89.6 Å². The lowest BCUT2D eigenvalue weighted by molar-refractivity contribution is 0.487. The predicted octanol–water partition coefficient (Wildman–Crippen LogP) is 6.98. The maximum atomic E-state index is 6.23. The van der Waals surface area contributed by atoms with Crippen LogP contribution in [-0.2, 0) is 12.8 Å². The smallest absolute Gasteiger partial charge is 0.153 e. The molecule has 3 heteroatoms. The molecule has 0 amide bonds. The first-order valence-corrected chi connectivity index (χ1v) is 10.8. The van der Waals surface area contributed by atoms with Gasteiger partial charge in [-0.05, 0) is 55.2 Å². The van der Waals surface area contributed by atoms with Crippen LogP contribution in [-0.4, -0.2) is 11.5 Å². The molecule has 0 saturated heterocycles. The van der Waals surface area contributed by atoms with Gasteiger partial charge in [-0.1, -0.05) is 61.9 Å². The lowest BCUT2D eigenvalue weighted by Crippen LogP contribution is -2.15. The van der Waals surface area contributed by atoms with E-state index in [0.717, 1.165) is 53.9 Å². The number of rotatable bonds is 5. The standard InChI is InChI=1S/C27H26N2O/c1-3-10-20-11-7-8-15-24(20)29-18-17-22-19(2)28-26-23(27(22)29)14-9-16-25(26)30-21-12-5-4-6-13-21/h4-9,11-16H,3,10,17-18H2,1-2H3. The Hall–Kier alpha value is -3.33. The Morgan fingerprint density at radius 3 is 2.57 bits per heavy atom. The van der Waals surface area contributed by atoms with E-state index in [1.807, 2.05) is 36.4 Å². The molecule has 150 valence electrons. The Bertz CT molecular complexity index is 1200. The molecule has 4 aromatic rings. The van der Waals surface area contributed by atoms with Gasteiger partial charge in [0.2, 0.25) is 0 Å². The summed E-state index contributed by atoms with van der Waals surface area (Å²) in [5, 5.41) is 1.16. The van der Waals surface area contributed by atoms with Gasteiger partial charge >= 0.3 is 0 Å². The predicted molar refractivity (Wildman–Crippen MR) is 124 cm³/mol. The summed E-state index contributed by atoms with van der Waals surface area (Å²) < 4.78 is 6.23. The molecule has 0 N–H and O–H groups in total. The first-order chi connectivity index (χ1) is 14.8. The topological polar surface area (TPSA) is 25.4 Å². The van der Waals surface area contributed by atoms with E-state index >= 15 is 0 Å². The Labute approximate surface area is 178 Å². The molecule has 0 spiro atoms. The molecule has 0 radical (unpaired) electrons. The van der Waals surface area contributed by atoms with Crippen LogP contribution in [0.3, 0.4) is 0 Å². The number of nitrogens with zero attached hydrogens (tertiary/aromatic N) is 2. The van der Waals surface area contributed by atoms with Gasteiger partial charge in [0, 0.05) is 23.3 Å². The fraction of sp³-hybridized carbons (Fsp3) is 0.222. The number of anilines is 2. The second-order valence-electron chi connectivity index (χ2n) is 7.87. The van der Waals surface area contributed by atoms with E-state index in [4.69, 9.17) is 9.72 Å². The summed E-state index contributed by atoms with van der Waals surface area (Å²) in [4.78, 5) is 7.47. The van der Waals surface area contributed by atoms with Crippen LogP contribution in [0.1, 0.15) is 30.2 Å². The van der Waals surface area contributed by atoms with Gasteiger partial charge in [-0.3, -0.25) is 0 Å². The minimum atomic E-state index is 0.804. The monoisotopic (exact) mass is 394 g/mol. The SMILES string of the molecule is CCCc1ccccc1N1CCc2c(C)nc3c(Oc4ccccc4)cccc3c21. The van der Waals surface area contributed by atoms with E-state index in [1.54, 1.807) is 0 Å². The molecule has 3 nitrogen and oxygen atoms in total. The fourth-order valence-electron chi connectivity index (χ4n) is 4.53. The van der Waals surface area contributed by atoms with Crippen molar-refractivity contribution in [3.63, 3.8) is 0 Å². The fourth-order valence-corrected chi connectivity index (χ4v) is 4.53. The van der Waals surface area contributed by atoms with Gasteiger partial charge in [0.25, 0.3) is 0 Å². The summed E-state index contributed by atoms with van der Waals surface area (Å²) in [7, 11) is 0. The normalized spacial score (nSPS) is 12.9. The van der Waals surface area contributed by atoms with E-state index in [-0.39, 0.29) is 0 Å². The Balaban J connectivity index is 1.67. The first kappa shape index (κ1) is 18.7. The molecule has 0 aliphatic carbocycles. The second kappa shape index (κ2) is 7.83. The molecule has 30 heavy (non-hydrogen) atoms. The second-order valence-corrected chi connectivity index (χ2v) is 7.87. The van der Waals surface area contributed by atoms with Gasteiger partial charge in [-0.2, -0.15) is 0 Å². The highest BCUT2D eigenvalue weighted by Crippen LogP contribution is 2.44. The summed E-state index contributed by atoms with van der Waals surface area (Å²) >= 11 is 0. The van der Waals surface area contributed by atoms with Gasteiger partial charge in [0.15, 0.2) is 5.75 Å². The molecule has 1 aromatic heterocycles. The van der Waals surface area contributed by atoms with Gasteiger partial charge in [-0.15, -0.1) is 0 Å². The molecule has 0 unspecified atom stereocenters. The first-order valence-electron chi connectivity index (χ1n) is 10.8. The van der Waals surface area contributed by atoms with Crippen molar-refractivity contribution < 1.29 is 4.74 Å². The molecule has 0 atom stereocenters. The molecule has 5 rings (SSSR count). The zero-order chi connectivity index (χ0) is 20.5. The van der Waals surface area contributed by atoms with E-state index in [2.05, 4.69) is 55.1 Å². The van der Waals surface area contributed by atoms with Gasteiger partial charge < -0.3 is 9.64 Å². The van der Waals surface area contributed by atoms with Crippen molar-refractivity contribution in [1.29, 1.82) is 0 Å². The number of aromatic nitrogens is 1. The molecular weight excluding hydrogens is 368 g/mol. The minimum absolute atomic E-state index is 0.804. The lowest BCUT2D eigenvalue weighted by Gasteiger charge is -2.24. The number of fused-ring (bicyclic) bond motifs is 3. The van der Waals surface area contributed by atoms with E-state index < -0.39 is 0 Å². The number of para-hydroxylation sites is 3. The van der Waals surface area contributed by atoms with Gasteiger partial charge in [0.1, 0.15) is 11.3 Å². The number of hydrogen-bond acceptors (Lipinski definition) is 3. The molecule has 0 bridgehead atoms. The number of pyridine rings is 1. The van der Waals surface area contributed by atoms with Gasteiger partial charge in [0.05, 0.1) is 5.69 Å². The summed E-state index contributed by atoms with van der Waals surface area (Å²) in [5.41, 5.74) is 7.39. The average Bonchev–Trinajstić information content (AvgIpc) is 3.22. The zero-order valence-corrected chi connectivity index (χ0v) is 17.6. The number of ether oxygens (including phenoxy) is 1. The molecule has 1 aliphatic heterocycles. The Morgan fingerprint density at radius 1 is 0.933 bits per heavy atom. The number of hydrogen-bond donors (Lipinski definition) is 0. The van der Waals surface area contributed by atoms with Crippen molar-refractivity contribution in [3.8, 4) is 11.5 Å². The molecule has 0 fully saturated rings. The van der Waals surface area contributed by atoms with Crippen LogP contribution in [0, 0.1) is 6.92 Å². The number of aryl methyl sites for hydroxylation is 2. The van der Waals surface area contributed by atoms with Crippen LogP contribution < -0.4 is 9.64 Å². The van der Waals surface area contributed by atoms with Crippen molar-refractivity contribution in [2.75, 3.05) is 11.4 Å². The highest BCUT2D eigenvalue weighted by atomic mass is 16.5. The minimum Gasteiger partial charge on any atom is -0.455 e. The van der Waals surface area contributed by atoms with Crippen LogP contribution in [0.5, 0.6) is 11.5 Å². The summed E-state index contributed by atoms with van der Waals surface area (Å²) in [6, 6.07) is 25.0. The largest absolute Gasteiger partial charge is 0.455 e. The summed E-state index contributed by atoms with van der Waals surface area (Å²) in [6.45, 7) is 5.35. The molecular formula is C27H26N2O. The maximum absolute atomic E-state index is 6.23. The quantitative estimate of drug-likeness (QED) is 0.365. The van der Waals surface area contributed by atoms with Crippen LogP contribution >= 0.6 is 0 Å². The van der Waals surface area contributed by atoms with Crippen LogP contribution in [0.4, 0.5) is 11.4 Å².